The predicted octanol–water partition coefficient (Wildman–Crippen LogP) is 5.42. The van der Waals surface area contributed by atoms with Crippen LogP contribution in [0.15, 0.2) is 39.3 Å². The van der Waals surface area contributed by atoms with E-state index in [9.17, 15) is 41.8 Å². The SMILES string of the molecule is CCC(O)C(O)CC(CCN(O)O)C1CC1.N/N=C(\C=NCCOCCOCCOCCOCCC(=O)Oc1c(F)c(F)c(F)c(F)c1F)CCCCNC(=O)Nc1ccc(S)cc1. The van der Waals surface area contributed by atoms with E-state index >= 15 is 0 Å². The van der Waals surface area contributed by atoms with Gasteiger partial charge in [0.2, 0.25) is 34.8 Å². The molecule has 2 aromatic carbocycles. The summed E-state index contributed by atoms with van der Waals surface area (Å²) < 4.78 is 91.9. The second kappa shape index (κ2) is 32.6. The zero-order chi connectivity index (χ0) is 47.3. The molecular formula is C41H61F5N6O11S. The molecule has 0 bridgehead atoms. The number of esters is 1. The van der Waals surface area contributed by atoms with Crippen molar-refractivity contribution in [3.8, 4) is 5.75 Å². The van der Waals surface area contributed by atoms with Crippen molar-refractivity contribution in [1.82, 2.24) is 10.5 Å². The van der Waals surface area contributed by atoms with Gasteiger partial charge in [0.1, 0.15) is 0 Å². The Morgan fingerprint density at radius 3 is 1.95 bits per heavy atom. The summed E-state index contributed by atoms with van der Waals surface area (Å²) in [4.78, 5) is 28.6. The number of hydrogen-bond donors (Lipinski definition) is 8. The van der Waals surface area contributed by atoms with Gasteiger partial charge in [0.05, 0.1) is 90.3 Å². The lowest BCUT2D eigenvalue weighted by Crippen LogP contribution is -2.29. The van der Waals surface area contributed by atoms with E-state index in [1.54, 1.807) is 30.5 Å². The smallest absolute Gasteiger partial charge is 0.319 e. The molecule has 362 valence electrons. The Balaban J connectivity index is 0.000000736. The Kier molecular flexibility index (Phi) is 28.6. The number of hydrogen-bond acceptors (Lipinski definition) is 16. The van der Waals surface area contributed by atoms with Gasteiger partial charge in [0.25, 0.3) is 0 Å². The number of aliphatic imine (C=N–C) groups is 1. The molecule has 0 heterocycles. The van der Waals surface area contributed by atoms with E-state index in [-0.39, 0.29) is 56.8 Å². The van der Waals surface area contributed by atoms with Crippen LogP contribution in [0.5, 0.6) is 5.75 Å². The molecule has 3 unspecified atom stereocenters. The molecule has 1 fully saturated rings. The normalized spacial score (nSPS) is 14.3. The van der Waals surface area contributed by atoms with Crippen molar-refractivity contribution in [2.75, 3.05) is 77.8 Å². The number of carbonyl (C=O) groups excluding carboxylic acids is 2. The second-order valence-electron chi connectivity index (χ2n) is 14.4. The number of urea groups is 1. The van der Waals surface area contributed by atoms with E-state index in [1.807, 2.05) is 6.92 Å². The summed E-state index contributed by atoms with van der Waals surface area (Å²) in [6.45, 7) is 4.51. The fraction of sp³-hybridized carbons (Fsp3) is 0.610. The first-order valence-electron chi connectivity index (χ1n) is 20.8. The monoisotopic (exact) mass is 940 g/mol. The number of anilines is 1. The number of thiol groups is 1. The summed E-state index contributed by atoms with van der Waals surface area (Å²) in [5, 5.41) is 46.0. The first kappa shape index (κ1) is 56.1. The Hall–Kier alpha value is -4.04. The lowest BCUT2D eigenvalue weighted by atomic mass is 9.90. The summed E-state index contributed by atoms with van der Waals surface area (Å²) in [5.74, 6) is -7.89. The van der Waals surface area contributed by atoms with E-state index in [0.29, 0.717) is 75.9 Å². The third-order valence-corrected chi connectivity index (χ3v) is 9.69. The second-order valence-corrected chi connectivity index (χ2v) is 14.9. The number of amides is 2. The number of nitrogens with two attached hydrogens (primary N) is 1. The predicted molar refractivity (Wildman–Crippen MR) is 227 cm³/mol. The van der Waals surface area contributed by atoms with Crippen molar-refractivity contribution >= 4 is 42.2 Å². The highest BCUT2D eigenvalue weighted by Gasteiger charge is 2.33. The molecular weight excluding hydrogens is 880 g/mol. The maximum absolute atomic E-state index is 13.5. The lowest BCUT2D eigenvalue weighted by molar-refractivity contribution is -0.308. The molecule has 17 nitrogen and oxygen atoms in total. The van der Waals surface area contributed by atoms with Gasteiger partial charge in [-0.1, -0.05) is 12.2 Å². The van der Waals surface area contributed by atoms with Crippen molar-refractivity contribution in [3.05, 3.63) is 53.4 Å². The van der Waals surface area contributed by atoms with Crippen molar-refractivity contribution in [3.63, 3.8) is 0 Å². The number of unbranched alkanes of at least 4 members (excludes halogenated alkanes) is 1. The van der Waals surface area contributed by atoms with Crippen LogP contribution in [-0.2, 0) is 23.7 Å². The zero-order valence-corrected chi connectivity index (χ0v) is 36.6. The molecule has 3 atom stereocenters. The third kappa shape index (κ3) is 23.8. The quantitative estimate of drug-likeness (QED) is 0.00451. The number of aliphatic hydroxyl groups is 2. The first-order chi connectivity index (χ1) is 30.7. The standard InChI is InChI=1S/C30H38F5N5O7S.C11H23NO4/c31-24-25(32)27(34)29(28(35)26(24)33)47-23(41)8-11-43-13-15-45-17-18-46-16-14-44-12-10-37-19-21(40-36)3-1-2-9-38-30(42)39-20-4-6-22(48)7-5-20;1-2-10(13)11(14)7-9(8-3-4-8)5-6-12(15)16/h4-7,19,48H,1-3,8-18,36H2,(H2,38,39,42);8-11,13-16H,2-7H2,1H3/b37-19?,40-21-;. The van der Waals surface area contributed by atoms with Gasteiger partial charge < -0.3 is 50.4 Å². The number of carbonyl (C=O) groups is 2. The van der Waals surface area contributed by atoms with Crippen LogP contribution in [0.25, 0.3) is 0 Å². The number of nitrogens with zero attached hydrogens (tertiary/aromatic N) is 3. The van der Waals surface area contributed by atoms with E-state index in [0.717, 1.165) is 30.6 Å². The van der Waals surface area contributed by atoms with Gasteiger partial charge in [-0.05, 0) is 87.5 Å². The first-order valence-corrected chi connectivity index (χ1v) is 21.3. The van der Waals surface area contributed by atoms with Crippen LogP contribution in [0.1, 0.15) is 64.7 Å². The van der Waals surface area contributed by atoms with Gasteiger partial charge in [-0.25, -0.2) is 18.0 Å². The van der Waals surface area contributed by atoms with Crippen LogP contribution in [-0.4, -0.2) is 134 Å². The highest BCUT2D eigenvalue weighted by molar-refractivity contribution is 7.80. The zero-order valence-electron chi connectivity index (χ0n) is 35.7. The van der Waals surface area contributed by atoms with Crippen LogP contribution < -0.4 is 21.2 Å². The molecule has 23 heteroatoms. The Morgan fingerprint density at radius 2 is 1.41 bits per heavy atom. The maximum Gasteiger partial charge on any atom is 0.319 e. The fourth-order valence-corrected chi connectivity index (χ4v) is 5.84. The number of benzene rings is 2. The lowest BCUT2D eigenvalue weighted by Gasteiger charge is -2.23. The maximum atomic E-state index is 13.5. The highest BCUT2D eigenvalue weighted by Crippen LogP contribution is 2.41. The largest absolute Gasteiger partial charge is 0.420 e. The molecule has 1 saturated carbocycles. The minimum absolute atomic E-state index is 0.0686. The average Bonchev–Trinajstić information content (AvgIpc) is 4.13. The third-order valence-electron chi connectivity index (χ3n) is 9.39. The fourth-order valence-electron chi connectivity index (χ4n) is 5.69. The van der Waals surface area contributed by atoms with E-state index < -0.39 is 59.4 Å². The molecule has 0 saturated heterocycles. The van der Waals surface area contributed by atoms with Crippen LogP contribution in [0.4, 0.5) is 32.4 Å². The Bertz CT molecular complexity index is 1690. The molecule has 1 aliphatic carbocycles. The number of hydrazone groups is 1. The van der Waals surface area contributed by atoms with Gasteiger partial charge in [-0.2, -0.15) is 13.9 Å². The number of nitrogens with one attached hydrogen (secondary N) is 2. The van der Waals surface area contributed by atoms with Crippen LogP contribution in [0, 0.1) is 40.9 Å². The van der Waals surface area contributed by atoms with Gasteiger partial charge in [0.15, 0.2) is 0 Å². The number of halogens is 5. The van der Waals surface area contributed by atoms with Crippen molar-refractivity contribution in [2.24, 2.45) is 27.8 Å². The van der Waals surface area contributed by atoms with Crippen molar-refractivity contribution < 1.29 is 75.9 Å². The van der Waals surface area contributed by atoms with Crippen LogP contribution in [0.3, 0.4) is 0 Å². The Morgan fingerprint density at radius 1 is 0.844 bits per heavy atom. The molecule has 0 spiro atoms. The summed E-state index contributed by atoms with van der Waals surface area (Å²) in [6, 6.07) is 6.81. The number of hydroxylamine groups is 2. The van der Waals surface area contributed by atoms with Gasteiger partial charge in [-0.3, -0.25) is 20.2 Å². The average molecular weight is 941 g/mol. The van der Waals surface area contributed by atoms with Crippen molar-refractivity contribution in [2.45, 2.75) is 81.8 Å². The molecule has 0 aromatic heterocycles. The molecule has 3 rings (SSSR count). The topological polar surface area (TPSA) is 239 Å². The number of ether oxygens (including phenoxy) is 5. The molecule has 0 radical (unpaired) electrons. The Labute approximate surface area is 374 Å². The van der Waals surface area contributed by atoms with Crippen molar-refractivity contribution in [1.29, 1.82) is 0 Å². The number of aliphatic hydroxyl groups excluding tert-OH is 2. The van der Waals surface area contributed by atoms with E-state index in [2.05, 4.69) is 38.1 Å². The minimum atomic E-state index is -2.35. The molecule has 0 aliphatic heterocycles. The van der Waals surface area contributed by atoms with Crippen LogP contribution >= 0.6 is 12.6 Å². The molecule has 64 heavy (non-hydrogen) atoms. The van der Waals surface area contributed by atoms with Crippen LogP contribution in [0.2, 0.25) is 0 Å². The molecule has 2 amide bonds. The summed E-state index contributed by atoms with van der Waals surface area (Å²) in [7, 11) is 0. The van der Waals surface area contributed by atoms with E-state index in [1.165, 1.54) is 0 Å². The molecule has 1 aliphatic rings. The summed E-state index contributed by atoms with van der Waals surface area (Å²) in [5.41, 5.74) is 1.31. The van der Waals surface area contributed by atoms with Gasteiger partial charge >= 0.3 is 12.0 Å². The molecule has 2 aromatic rings. The highest BCUT2D eigenvalue weighted by atomic mass is 32.1. The van der Waals surface area contributed by atoms with E-state index in [4.69, 9.17) is 35.2 Å². The minimum Gasteiger partial charge on any atom is -0.420 e. The number of rotatable bonds is 31. The molecule has 8 N–H and O–H groups in total. The van der Waals surface area contributed by atoms with Gasteiger partial charge in [-0.15, -0.1) is 12.6 Å². The summed E-state index contributed by atoms with van der Waals surface area (Å²) >= 11 is 4.20. The summed E-state index contributed by atoms with van der Waals surface area (Å²) in [6.07, 6.45) is 5.89. The van der Waals surface area contributed by atoms with Gasteiger partial charge in [0, 0.05) is 23.3 Å².